The summed E-state index contributed by atoms with van der Waals surface area (Å²) in [7, 11) is 1.70. The molecule has 9 heteroatoms. The minimum absolute atomic E-state index is 0.0104. The van der Waals surface area contributed by atoms with Crippen LogP contribution in [0, 0.1) is 0 Å². The van der Waals surface area contributed by atoms with Crippen molar-refractivity contribution in [1.82, 2.24) is 14.9 Å². The number of thiophene rings is 1. The van der Waals surface area contributed by atoms with Crippen molar-refractivity contribution in [2.75, 3.05) is 29.9 Å². The highest BCUT2D eigenvalue weighted by Gasteiger charge is 2.33. The van der Waals surface area contributed by atoms with Gasteiger partial charge in [-0.2, -0.15) is 0 Å². The highest BCUT2D eigenvalue weighted by atomic mass is 32.1. The Hall–Kier alpha value is -3.79. The summed E-state index contributed by atoms with van der Waals surface area (Å²) in [4.78, 5) is 35.7. The minimum atomic E-state index is -0.255. The van der Waals surface area contributed by atoms with E-state index in [9.17, 15) is 14.7 Å². The third-order valence-corrected chi connectivity index (χ3v) is 10.6. The Morgan fingerprint density at radius 3 is 2.60 bits per heavy atom. The molecule has 7 rings (SSSR count). The van der Waals surface area contributed by atoms with E-state index in [1.54, 1.807) is 24.6 Å². The number of rotatable bonds is 6. The van der Waals surface area contributed by atoms with Gasteiger partial charge in [0.25, 0.3) is 11.5 Å². The van der Waals surface area contributed by atoms with Crippen molar-refractivity contribution in [3.63, 3.8) is 0 Å². The van der Waals surface area contributed by atoms with Gasteiger partial charge in [0.15, 0.2) is 5.82 Å². The number of aromatic nitrogens is 2. The molecule has 0 radical (unpaired) electrons. The number of fused-ring (bicyclic) bond motifs is 3. The Bertz CT molecular complexity index is 1740. The lowest BCUT2D eigenvalue weighted by Gasteiger charge is -2.30. The van der Waals surface area contributed by atoms with E-state index in [1.807, 2.05) is 35.2 Å². The molecular formula is C34H37N5O3S. The van der Waals surface area contributed by atoms with Crippen molar-refractivity contribution in [1.29, 1.82) is 0 Å². The molecule has 43 heavy (non-hydrogen) atoms. The molecule has 0 atom stereocenters. The monoisotopic (exact) mass is 595 g/mol. The SMILES string of the molecule is Cn1cc(-c2cccc(N3CCc4c(sc5c4CCCC5)C3=O)c2CO)nc(Nc2ccc(C3CCNCC3)cc2)c1=O. The summed E-state index contributed by atoms with van der Waals surface area (Å²) in [5.74, 6) is 0.778. The maximum Gasteiger partial charge on any atom is 0.293 e. The van der Waals surface area contributed by atoms with Crippen LogP contribution in [0.1, 0.15) is 68.4 Å². The second-order valence-electron chi connectivity index (χ2n) is 11.8. The van der Waals surface area contributed by atoms with Gasteiger partial charge in [0.1, 0.15) is 0 Å². The average molecular weight is 596 g/mol. The standard InChI is InChI=1S/C34H37N5O3S/c1-38-19-28(37-32(34(38)42)36-23-11-9-21(10-12-23)22-13-16-35-17-14-22)24-6-4-7-29(27(24)20-40)39-18-15-26-25-5-2-3-8-30(25)43-31(26)33(39)41/h4,6-7,9-12,19,22,35,40H,2-3,5,8,13-18,20H2,1H3,(H,36,37). The number of hydrogen-bond donors (Lipinski definition) is 3. The number of nitrogens with zero attached hydrogens (tertiary/aromatic N) is 3. The van der Waals surface area contributed by atoms with E-state index in [4.69, 9.17) is 4.98 Å². The third kappa shape index (κ3) is 5.19. The largest absolute Gasteiger partial charge is 0.392 e. The van der Waals surface area contributed by atoms with Crippen molar-refractivity contribution in [3.05, 3.63) is 91.0 Å². The van der Waals surface area contributed by atoms with Crippen molar-refractivity contribution >= 4 is 34.4 Å². The lowest BCUT2D eigenvalue weighted by atomic mass is 9.90. The molecule has 1 aliphatic carbocycles. The van der Waals surface area contributed by atoms with Crippen LogP contribution in [0.4, 0.5) is 17.2 Å². The van der Waals surface area contributed by atoms with Gasteiger partial charge in [-0.05, 0) is 98.8 Å². The third-order valence-electron chi connectivity index (χ3n) is 9.24. The maximum atomic E-state index is 13.8. The van der Waals surface area contributed by atoms with E-state index in [0.29, 0.717) is 35.0 Å². The Labute approximate surface area is 255 Å². The molecule has 0 unspecified atom stereocenters. The molecule has 1 saturated heterocycles. The molecule has 3 N–H and O–H groups in total. The predicted molar refractivity (Wildman–Crippen MR) is 172 cm³/mol. The fourth-order valence-electron chi connectivity index (χ4n) is 6.93. The van der Waals surface area contributed by atoms with Gasteiger partial charge in [0, 0.05) is 41.5 Å². The summed E-state index contributed by atoms with van der Waals surface area (Å²) in [6.45, 7) is 2.40. The van der Waals surface area contributed by atoms with Crippen LogP contribution in [0.25, 0.3) is 11.3 Å². The molecule has 222 valence electrons. The zero-order chi connectivity index (χ0) is 29.5. The van der Waals surface area contributed by atoms with E-state index in [-0.39, 0.29) is 23.9 Å². The van der Waals surface area contributed by atoms with Crippen LogP contribution in [0.15, 0.2) is 53.5 Å². The molecule has 2 aliphatic heterocycles. The number of amides is 1. The van der Waals surface area contributed by atoms with Crippen LogP contribution in [0.2, 0.25) is 0 Å². The van der Waals surface area contributed by atoms with E-state index in [2.05, 4.69) is 22.8 Å². The van der Waals surface area contributed by atoms with Crippen LogP contribution >= 0.6 is 11.3 Å². The second-order valence-corrected chi connectivity index (χ2v) is 13.0. The molecule has 8 nitrogen and oxygen atoms in total. The van der Waals surface area contributed by atoms with Crippen LogP contribution < -0.4 is 21.1 Å². The van der Waals surface area contributed by atoms with Gasteiger partial charge in [-0.3, -0.25) is 9.59 Å². The lowest BCUT2D eigenvalue weighted by molar-refractivity contribution is 0.0984. The molecule has 1 amide bonds. The number of piperidine rings is 1. The van der Waals surface area contributed by atoms with Crippen LogP contribution in [-0.4, -0.2) is 40.2 Å². The van der Waals surface area contributed by atoms with E-state index in [1.165, 1.54) is 39.0 Å². The van der Waals surface area contributed by atoms with E-state index < -0.39 is 0 Å². The normalized spacial score (nSPS) is 17.1. The lowest BCUT2D eigenvalue weighted by Crippen LogP contribution is -2.37. The summed E-state index contributed by atoms with van der Waals surface area (Å²) in [6, 6.07) is 14.0. The first kappa shape index (κ1) is 28.0. The van der Waals surface area contributed by atoms with Gasteiger partial charge >= 0.3 is 0 Å². The molecular weight excluding hydrogens is 558 g/mol. The fourth-order valence-corrected chi connectivity index (χ4v) is 8.31. The highest BCUT2D eigenvalue weighted by Crippen LogP contribution is 2.40. The van der Waals surface area contributed by atoms with Crippen molar-refractivity contribution in [3.8, 4) is 11.3 Å². The molecule has 4 heterocycles. The predicted octanol–water partition coefficient (Wildman–Crippen LogP) is 5.29. The Morgan fingerprint density at radius 1 is 1.02 bits per heavy atom. The number of aryl methyl sites for hydroxylation is 2. The number of carbonyl (C=O) groups is 1. The molecule has 4 aromatic rings. The Kier molecular flexibility index (Phi) is 7.63. The Morgan fingerprint density at radius 2 is 1.81 bits per heavy atom. The van der Waals surface area contributed by atoms with Crippen molar-refractivity contribution in [2.45, 2.75) is 57.5 Å². The molecule has 2 aromatic carbocycles. The molecule has 0 spiro atoms. The number of anilines is 3. The van der Waals surface area contributed by atoms with Gasteiger partial charge in [-0.15, -0.1) is 11.3 Å². The molecule has 3 aliphatic rings. The van der Waals surface area contributed by atoms with Crippen LogP contribution in [0.3, 0.4) is 0 Å². The first-order valence-electron chi connectivity index (χ1n) is 15.4. The smallest absolute Gasteiger partial charge is 0.293 e. The van der Waals surface area contributed by atoms with Gasteiger partial charge in [0.2, 0.25) is 0 Å². The van der Waals surface area contributed by atoms with Gasteiger partial charge < -0.3 is 25.2 Å². The molecule has 2 aromatic heterocycles. The second kappa shape index (κ2) is 11.7. The number of hydrogen-bond acceptors (Lipinski definition) is 7. The quantitative estimate of drug-likeness (QED) is 0.280. The first-order chi connectivity index (χ1) is 21.0. The van der Waals surface area contributed by atoms with Crippen LogP contribution in [0.5, 0.6) is 0 Å². The van der Waals surface area contributed by atoms with Gasteiger partial charge in [0.05, 0.1) is 22.9 Å². The summed E-state index contributed by atoms with van der Waals surface area (Å²) in [6.07, 6.45) is 9.29. The van der Waals surface area contributed by atoms with E-state index >= 15 is 0 Å². The van der Waals surface area contributed by atoms with Crippen molar-refractivity contribution in [2.24, 2.45) is 7.05 Å². The minimum Gasteiger partial charge on any atom is -0.392 e. The first-order valence-corrected chi connectivity index (χ1v) is 16.2. The van der Waals surface area contributed by atoms with Crippen molar-refractivity contribution < 1.29 is 9.90 Å². The summed E-state index contributed by atoms with van der Waals surface area (Å²) in [5.41, 5.74) is 7.09. The number of aliphatic hydroxyl groups is 1. The molecule has 0 saturated carbocycles. The topological polar surface area (TPSA) is 99.5 Å². The number of nitrogens with one attached hydrogen (secondary N) is 2. The highest BCUT2D eigenvalue weighted by molar-refractivity contribution is 7.14. The van der Waals surface area contributed by atoms with Crippen LogP contribution in [-0.2, 0) is 32.9 Å². The Balaban J connectivity index is 1.19. The van der Waals surface area contributed by atoms with Gasteiger partial charge in [-0.1, -0.05) is 24.3 Å². The van der Waals surface area contributed by atoms with E-state index in [0.717, 1.165) is 55.8 Å². The summed E-state index contributed by atoms with van der Waals surface area (Å²) >= 11 is 1.66. The summed E-state index contributed by atoms with van der Waals surface area (Å²) < 4.78 is 1.51. The zero-order valence-electron chi connectivity index (χ0n) is 24.5. The number of aliphatic hydroxyl groups excluding tert-OH is 1. The molecule has 1 fully saturated rings. The van der Waals surface area contributed by atoms with Gasteiger partial charge in [-0.25, -0.2) is 4.98 Å². The average Bonchev–Trinajstić information content (AvgIpc) is 3.43. The maximum absolute atomic E-state index is 13.8. The molecule has 0 bridgehead atoms. The zero-order valence-corrected chi connectivity index (χ0v) is 25.3. The fraction of sp³-hybridized carbons (Fsp3) is 0.382. The number of benzene rings is 2. The summed E-state index contributed by atoms with van der Waals surface area (Å²) in [5, 5.41) is 17.3. The number of carbonyl (C=O) groups excluding carboxylic acids is 1.